The number of para-hydroxylation sites is 1. The van der Waals surface area contributed by atoms with Crippen molar-refractivity contribution in [2.45, 2.75) is 45.6 Å². The molecular formula is C16H23NO2. The molecule has 1 aromatic carbocycles. The summed E-state index contributed by atoms with van der Waals surface area (Å²) in [5, 5.41) is 9.36. The molecule has 19 heavy (non-hydrogen) atoms. The minimum absolute atomic E-state index is 0.417. The number of carboxylic acids is 1. The van der Waals surface area contributed by atoms with Gasteiger partial charge in [-0.25, -0.2) is 4.79 Å². The second kappa shape index (κ2) is 5.64. The number of benzene rings is 1. The van der Waals surface area contributed by atoms with Crippen molar-refractivity contribution in [3.63, 3.8) is 0 Å². The molecular weight excluding hydrogens is 238 g/mol. The lowest BCUT2D eigenvalue weighted by Gasteiger charge is -2.37. The number of carbonyl (C=O) groups is 1. The maximum Gasteiger partial charge on any atom is 0.337 e. The van der Waals surface area contributed by atoms with Gasteiger partial charge in [0.2, 0.25) is 0 Å². The Hall–Kier alpha value is -1.51. The van der Waals surface area contributed by atoms with Crippen LogP contribution in [0.25, 0.3) is 0 Å². The molecule has 0 radical (unpaired) electrons. The fraction of sp³-hybridized carbons (Fsp3) is 0.562. The molecule has 104 valence electrons. The van der Waals surface area contributed by atoms with Crippen molar-refractivity contribution in [2.75, 3.05) is 11.9 Å². The summed E-state index contributed by atoms with van der Waals surface area (Å²) >= 11 is 0. The summed E-state index contributed by atoms with van der Waals surface area (Å²) < 4.78 is 0. The standard InChI is InChI=1S/C16H23NO2/c1-11-6-4-8-13(10-11)17(3)15-12(2)7-5-9-14(15)16(18)19/h5,7,9,11,13H,4,6,8,10H2,1-3H3,(H,18,19). The zero-order chi connectivity index (χ0) is 14.0. The van der Waals surface area contributed by atoms with Gasteiger partial charge in [0.05, 0.1) is 11.3 Å². The summed E-state index contributed by atoms with van der Waals surface area (Å²) in [6.07, 6.45) is 4.85. The van der Waals surface area contributed by atoms with Gasteiger partial charge in [-0.3, -0.25) is 0 Å². The van der Waals surface area contributed by atoms with Crippen LogP contribution < -0.4 is 4.90 Å². The molecule has 2 atom stereocenters. The molecule has 1 N–H and O–H groups in total. The first-order chi connectivity index (χ1) is 9.00. The molecule has 0 bridgehead atoms. The summed E-state index contributed by atoms with van der Waals surface area (Å²) in [5.74, 6) is -0.104. The minimum Gasteiger partial charge on any atom is -0.478 e. The van der Waals surface area contributed by atoms with Gasteiger partial charge in [0.15, 0.2) is 0 Å². The van der Waals surface area contributed by atoms with Crippen LogP contribution in [0.15, 0.2) is 18.2 Å². The summed E-state index contributed by atoms with van der Waals surface area (Å²) in [4.78, 5) is 13.6. The highest BCUT2D eigenvalue weighted by Gasteiger charge is 2.25. The third-order valence-corrected chi connectivity index (χ3v) is 4.28. The van der Waals surface area contributed by atoms with Gasteiger partial charge in [-0.2, -0.15) is 0 Å². The first-order valence-corrected chi connectivity index (χ1v) is 7.06. The fourth-order valence-electron chi connectivity index (χ4n) is 3.24. The van der Waals surface area contributed by atoms with E-state index in [0.29, 0.717) is 11.6 Å². The van der Waals surface area contributed by atoms with Crippen molar-refractivity contribution in [1.29, 1.82) is 0 Å². The van der Waals surface area contributed by atoms with Crippen molar-refractivity contribution in [2.24, 2.45) is 5.92 Å². The van der Waals surface area contributed by atoms with Gasteiger partial charge < -0.3 is 10.0 Å². The number of aromatic carboxylic acids is 1. The van der Waals surface area contributed by atoms with Crippen molar-refractivity contribution >= 4 is 11.7 Å². The molecule has 0 aliphatic heterocycles. The van der Waals surface area contributed by atoms with Crippen LogP contribution in [0.4, 0.5) is 5.69 Å². The zero-order valence-corrected chi connectivity index (χ0v) is 12.0. The second-order valence-electron chi connectivity index (χ2n) is 5.81. The van der Waals surface area contributed by atoms with Crippen LogP contribution in [0.3, 0.4) is 0 Å². The smallest absolute Gasteiger partial charge is 0.337 e. The number of anilines is 1. The Morgan fingerprint density at radius 2 is 2.11 bits per heavy atom. The number of aryl methyl sites for hydroxylation is 1. The number of carboxylic acid groups (broad SMARTS) is 1. The topological polar surface area (TPSA) is 40.5 Å². The largest absolute Gasteiger partial charge is 0.478 e. The van der Waals surface area contributed by atoms with E-state index in [1.54, 1.807) is 6.07 Å². The van der Waals surface area contributed by atoms with Crippen LogP contribution >= 0.6 is 0 Å². The van der Waals surface area contributed by atoms with Crippen molar-refractivity contribution in [3.8, 4) is 0 Å². The Balaban J connectivity index is 2.32. The molecule has 1 aliphatic carbocycles. The summed E-state index contributed by atoms with van der Waals surface area (Å²) in [6, 6.07) is 5.97. The van der Waals surface area contributed by atoms with E-state index in [0.717, 1.165) is 30.0 Å². The average Bonchev–Trinajstić information content (AvgIpc) is 2.37. The van der Waals surface area contributed by atoms with E-state index in [9.17, 15) is 9.90 Å². The molecule has 1 aliphatic rings. The third kappa shape index (κ3) is 2.91. The van der Waals surface area contributed by atoms with Crippen LogP contribution in [-0.4, -0.2) is 24.2 Å². The number of rotatable bonds is 3. The second-order valence-corrected chi connectivity index (χ2v) is 5.81. The van der Waals surface area contributed by atoms with E-state index >= 15 is 0 Å². The molecule has 0 saturated heterocycles. The Morgan fingerprint density at radius 1 is 1.37 bits per heavy atom. The maximum absolute atomic E-state index is 11.4. The molecule has 2 rings (SSSR count). The van der Waals surface area contributed by atoms with Gasteiger partial charge in [0, 0.05) is 13.1 Å². The van der Waals surface area contributed by atoms with Crippen LogP contribution in [0.5, 0.6) is 0 Å². The molecule has 2 unspecified atom stereocenters. The van der Waals surface area contributed by atoms with Crippen molar-refractivity contribution in [1.82, 2.24) is 0 Å². The molecule has 1 fully saturated rings. The van der Waals surface area contributed by atoms with Crippen LogP contribution in [0, 0.1) is 12.8 Å². The van der Waals surface area contributed by atoms with Gasteiger partial charge >= 0.3 is 5.97 Å². The molecule has 0 spiro atoms. The third-order valence-electron chi connectivity index (χ3n) is 4.28. The average molecular weight is 261 g/mol. The lowest BCUT2D eigenvalue weighted by Crippen LogP contribution is -2.36. The predicted octanol–water partition coefficient (Wildman–Crippen LogP) is 3.71. The Kier molecular flexibility index (Phi) is 4.13. The number of hydrogen-bond donors (Lipinski definition) is 1. The number of nitrogens with zero attached hydrogens (tertiary/aromatic N) is 1. The summed E-state index contributed by atoms with van der Waals surface area (Å²) in [6.45, 7) is 4.28. The fourth-order valence-corrected chi connectivity index (χ4v) is 3.24. The van der Waals surface area contributed by atoms with E-state index in [1.165, 1.54) is 12.8 Å². The molecule has 1 saturated carbocycles. The first-order valence-electron chi connectivity index (χ1n) is 7.06. The quantitative estimate of drug-likeness (QED) is 0.901. The van der Waals surface area contributed by atoms with Gasteiger partial charge in [-0.05, 0) is 37.3 Å². The Bertz CT molecular complexity index is 470. The highest BCUT2D eigenvalue weighted by atomic mass is 16.4. The van der Waals surface area contributed by atoms with Crippen LogP contribution in [-0.2, 0) is 0 Å². The van der Waals surface area contributed by atoms with Gasteiger partial charge in [-0.1, -0.05) is 31.9 Å². The molecule has 0 aromatic heterocycles. The highest BCUT2D eigenvalue weighted by molar-refractivity contribution is 5.95. The summed E-state index contributed by atoms with van der Waals surface area (Å²) in [5.41, 5.74) is 2.34. The maximum atomic E-state index is 11.4. The first kappa shape index (κ1) is 13.9. The molecule has 3 nitrogen and oxygen atoms in total. The normalized spacial score (nSPS) is 23.1. The SMILES string of the molecule is Cc1cccc(C(=O)O)c1N(C)C1CCCC(C)C1. The predicted molar refractivity (Wildman–Crippen MR) is 78.0 cm³/mol. The monoisotopic (exact) mass is 261 g/mol. The van der Waals surface area contributed by atoms with Crippen molar-refractivity contribution < 1.29 is 9.90 Å². The van der Waals surface area contributed by atoms with Crippen LogP contribution in [0.1, 0.15) is 48.5 Å². The van der Waals surface area contributed by atoms with E-state index in [2.05, 4.69) is 11.8 Å². The lowest BCUT2D eigenvalue weighted by molar-refractivity contribution is 0.0697. The van der Waals surface area contributed by atoms with Gasteiger partial charge in [0.25, 0.3) is 0 Å². The van der Waals surface area contributed by atoms with E-state index in [4.69, 9.17) is 0 Å². The van der Waals surface area contributed by atoms with E-state index in [1.807, 2.05) is 26.1 Å². The van der Waals surface area contributed by atoms with Crippen molar-refractivity contribution in [3.05, 3.63) is 29.3 Å². The number of hydrogen-bond acceptors (Lipinski definition) is 2. The zero-order valence-electron chi connectivity index (χ0n) is 12.0. The molecule has 1 aromatic rings. The van der Waals surface area contributed by atoms with Crippen LogP contribution in [0.2, 0.25) is 0 Å². The van der Waals surface area contributed by atoms with Gasteiger partial charge in [0.1, 0.15) is 0 Å². The van der Waals surface area contributed by atoms with E-state index in [-0.39, 0.29) is 0 Å². The minimum atomic E-state index is -0.839. The highest BCUT2D eigenvalue weighted by Crippen LogP contribution is 2.33. The molecule has 0 amide bonds. The van der Waals surface area contributed by atoms with Gasteiger partial charge in [-0.15, -0.1) is 0 Å². The summed E-state index contributed by atoms with van der Waals surface area (Å²) in [7, 11) is 2.04. The Labute approximate surface area is 115 Å². The molecule has 0 heterocycles. The molecule has 3 heteroatoms. The Morgan fingerprint density at radius 3 is 2.74 bits per heavy atom. The lowest BCUT2D eigenvalue weighted by atomic mass is 9.86. The van der Waals surface area contributed by atoms with E-state index < -0.39 is 5.97 Å².